The van der Waals surface area contributed by atoms with Crippen LogP contribution in [0.5, 0.6) is 0 Å². The molecule has 0 radical (unpaired) electrons. The molecule has 0 saturated heterocycles. The molecule has 17 heavy (non-hydrogen) atoms. The third-order valence-corrected chi connectivity index (χ3v) is 4.01. The van der Waals surface area contributed by atoms with Crippen LogP contribution in [0.2, 0.25) is 0 Å². The van der Waals surface area contributed by atoms with Gasteiger partial charge in [0, 0.05) is 22.7 Å². The Morgan fingerprint density at radius 1 is 1.47 bits per heavy atom. The molecule has 1 N–H and O–H groups in total. The van der Waals surface area contributed by atoms with Crippen LogP contribution in [0, 0.1) is 6.92 Å². The van der Waals surface area contributed by atoms with Crippen molar-refractivity contribution in [2.75, 3.05) is 0 Å². The van der Waals surface area contributed by atoms with E-state index in [9.17, 15) is 0 Å². The van der Waals surface area contributed by atoms with Crippen molar-refractivity contribution in [3.05, 3.63) is 33.6 Å². The van der Waals surface area contributed by atoms with Gasteiger partial charge >= 0.3 is 0 Å². The Labute approximate surface area is 105 Å². The second kappa shape index (κ2) is 5.42. The van der Waals surface area contributed by atoms with E-state index >= 15 is 0 Å². The van der Waals surface area contributed by atoms with Crippen molar-refractivity contribution in [3.8, 4) is 0 Å². The van der Waals surface area contributed by atoms with Gasteiger partial charge in [0.25, 0.3) is 0 Å². The van der Waals surface area contributed by atoms with Crippen molar-refractivity contribution in [1.82, 2.24) is 15.5 Å². The Morgan fingerprint density at radius 3 is 2.88 bits per heavy atom. The van der Waals surface area contributed by atoms with E-state index in [4.69, 9.17) is 4.52 Å². The molecule has 1 unspecified atom stereocenters. The van der Waals surface area contributed by atoms with Crippen LogP contribution in [-0.4, -0.2) is 10.1 Å². The Bertz CT molecular complexity index is 478. The second-order valence-corrected chi connectivity index (χ2v) is 5.19. The lowest BCUT2D eigenvalue weighted by Crippen LogP contribution is -2.17. The number of nitrogens with zero attached hydrogens (tertiary/aromatic N) is 2. The molecule has 2 heterocycles. The zero-order chi connectivity index (χ0) is 12.3. The minimum absolute atomic E-state index is 0.319. The highest BCUT2D eigenvalue weighted by atomic mass is 32.1. The first-order valence-electron chi connectivity index (χ1n) is 5.80. The maximum atomic E-state index is 4.93. The summed E-state index contributed by atoms with van der Waals surface area (Å²) in [6.07, 6.45) is 1.10. The molecule has 0 aliphatic carbocycles. The summed E-state index contributed by atoms with van der Waals surface area (Å²) < 4.78 is 4.93. The number of nitrogens with one attached hydrogen (secondary N) is 1. The van der Waals surface area contributed by atoms with E-state index in [-0.39, 0.29) is 0 Å². The molecular weight excluding hydrogens is 234 g/mol. The van der Waals surface area contributed by atoms with Crippen molar-refractivity contribution >= 4 is 11.3 Å². The summed E-state index contributed by atoms with van der Waals surface area (Å²) in [5, 5.41) is 7.25. The van der Waals surface area contributed by atoms with Gasteiger partial charge in [-0.2, -0.15) is 4.98 Å². The maximum absolute atomic E-state index is 4.93. The number of rotatable bonds is 5. The number of aromatic nitrogens is 2. The van der Waals surface area contributed by atoms with Crippen molar-refractivity contribution in [1.29, 1.82) is 0 Å². The first-order valence-corrected chi connectivity index (χ1v) is 6.62. The van der Waals surface area contributed by atoms with Gasteiger partial charge in [-0.3, -0.25) is 0 Å². The molecule has 0 aromatic carbocycles. The van der Waals surface area contributed by atoms with Crippen LogP contribution in [0.4, 0.5) is 0 Å². The van der Waals surface area contributed by atoms with Crippen LogP contribution < -0.4 is 5.32 Å². The fraction of sp³-hybridized carbons (Fsp3) is 0.500. The number of hydrogen-bond donors (Lipinski definition) is 1. The number of hydrogen-bond acceptors (Lipinski definition) is 5. The van der Waals surface area contributed by atoms with Crippen LogP contribution in [0.15, 0.2) is 16.7 Å². The zero-order valence-electron chi connectivity index (χ0n) is 10.4. The van der Waals surface area contributed by atoms with Gasteiger partial charge in [0.2, 0.25) is 5.89 Å². The van der Waals surface area contributed by atoms with E-state index in [2.05, 4.69) is 41.4 Å². The molecule has 2 aromatic heterocycles. The third kappa shape index (κ3) is 3.14. The van der Waals surface area contributed by atoms with Gasteiger partial charge in [0.1, 0.15) is 0 Å². The minimum atomic E-state index is 0.319. The van der Waals surface area contributed by atoms with Crippen molar-refractivity contribution in [2.24, 2.45) is 0 Å². The summed E-state index contributed by atoms with van der Waals surface area (Å²) >= 11 is 1.85. The average molecular weight is 251 g/mol. The Morgan fingerprint density at radius 2 is 2.29 bits per heavy atom. The molecule has 0 fully saturated rings. The van der Waals surface area contributed by atoms with Crippen LogP contribution in [0.1, 0.15) is 41.4 Å². The molecular formula is C12H17N3OS. The Kier molecular flexibility index (Phi) is 3.91. The molecule has 0 aliphatic heterocycles. The Balaban J connectivity index is 1.90. The van der Waals surface area contributed by atoms with Gasteiger partial charge in [-0.15, -0.1) is 11.3 Å². The average Bonchev–Trinajstić information content (AvgIpc) is 2.94. The van der Waals surface area contributed by atoms with Gasteiger partial charge in [-0.25, -0.2) is 0 Å². The highest BCUT2D eigenvalue weighted by Crippen LogP contribution is 2.23. The van der Waals surface area contributed by atoms with Gasteiger partial charge < -0.3 is 9.84 Å². The van der Waals surface area contributed by atoms with Crippen LogP contribution in [-0.2, 0) is 13.0 Å². The zero-order valence-corrected chi connectivity index (χ0v) is 11.2. The fourth-order valence-electron chi connectivity index (χ4n) is 1.58. The highest BCUT2D eigenvalue weighted by Gasteiger charge is 2.09. The molecule has 5 heteroatoms. The molecule has 0 aliphatic rings. The van der Waals surface area contributed by atoms with Crippen molar-refractivity contribution in [2.45, 2.75) is 39.8 Å². The summed E-state index contributed by atoms with van der Waals surface area (Å²) in [7, 11) is 0. The van der Waals surface area contributed by atoms with Gasteiger partial charge in [0.15, 0.2) is 5.82 Å². The topological polar surface area (TPSA) is 51.0 Å². The summed E-state index contributed by atoms with van der Waals surface area (Å²) in [5.74, 6) is 1.32. The monoisotopic (exact) mass is 251 g/mol. The SMILES string of the molecule is CCc1ccc(C(C)NCc2noc(C)n2)s1. The predicted octanol–water partition coefficient (Wildman–Crippen LogP) is 2.85. The summed E-state index contributed by atoms with van der Waals surface area (Å²) in [5.41, 5.74) is 0. The van der Waals surface area contributed by atoms with Crippen LogP contribution in [0.25, 0.3) is 0 Å². The molecule has 0 amide bonds. The maximum Gasteiger partial charge on any atom is 0.223 e. The van der Waals surface area contributed by atoms with Crippen LogP contribution >= 0.6 is 11.3 Å². The second-order valence-electron chi connectivity index (χ2n) is 3.99. The standard InChI is InChI=1S/C12H17N3OS/c1-4-10-5-6-11(17-10)8(2)13-7-12-14-9(3)16-15-12/h5-6,8,13H,4,7H2,1-3H3. The molecule has 0 saturated carbocycles. The predicted molar refractivity (Wildman–Crippen MR) is 68.0 cm³/mol. The van der Waals surface area contributed by atoms with E-state index in [0.717, 1.165) is 6.42 Å². The summed E-state index contributed by atoms with van der Waals surface area (Å²) in [4.78, 5) is 6.93. The van der Waals surface area contributed by atoms with Gasteiger partial charge in [-0.1, -0.05) is 12.1 Å². The van der Waals surface area contributed by atoms with Gasteiger partial charge in [-0.05, 0) is 25.5 Å². The van der Waals surface area contributed by atoms with E-state index in [1.807, 2.05) is 11.3 Å². The quantitative estimate of drug-likeness (QED) is 0.887. The molecule has 0 spiro atoms. The van der Waals surface area contributed by atoms with E-state index in [1.165, 1.54) is 9.75 Å². The molecule has 92 valence electrons. The minimum Gasteiger partial charge on any atom is -0.340 e. The lowest BCUT2D eigenvalue weighted by atomic mass is 10.2. The normalized spacial score (nSPS) is 12.9. The molecule has 1 atom stereocenters. The largest absolute Gasteiger partial charge is 0.340 e. The summed E-state index contributed by atoms with van der Waals surface area (Å²) in [6, 6.07) is 4.69. The first kappa shape index (κ1) is 12.3. The molecule has 2 rings (SSSR count). The van der Waals surface area contributed by atoms with Crippen LogP contribution in [0.3, 0.4) is 0 Å². The van der Waals surface area contributed by atoms with Crippen molar-refractivity contribution in [3.63, 3.8) is 0 Å². The Hall–Kier alpha value is -1.20. The lowest BCUT2D eigenvalue weighted by molar-refractivity contribution is 0.384. The molecule has 2 aromatic rings. The summed E-state index contributed by atoms with van der Waals surface area (Å²) in [6.45, 7) is 6.76. The molecule has 4 nitrogen and oxygen atoms in total. The highest BCUT2D eigenvalue weighted by molar-refractivity contribution is 7.12. The van der Waals surface area contributed by atoms with E-state index in [1.54, 1.807) is 6.92 Å². The van der Waals surface area contributed by atoms with E-state index < -0.39 is 0 Å². The van der Waals surface area contributed by atoms with Crippen molar-refractivity contribution < 1.29 is 4.52 Å². The van der Waals surface area contributed by atoms with Gasteiger partial charge in [0.05, 0.1) is 6.54 Å². The van der Waals surface area contributed by atoms with E-state index in [0.29, 0.717) is 24.3 Å². The lowest BCUT2D eigenvalue weighted by Gasteiger charge is -2.09. The number of aryl methyl sites for hydroxylation is 2. The fourth-order valence-corrected chi connectivity index (χ4v) is 2.55. The first-order chi connectivity index (χ1) is 8.19. The smallest absolute Gasteiger partial charge is 0.223 e. The molecule has 0 bridgehead atoms. The number of thiophene rings is 1. The third-order valence-electron chi connectivity index (χ3n) is 2.59.